The number of nitrogens with zero attached hydrogens (tertiary/aromatic N) is 1. The van der Waals surface area contributed by atoms with Crippen LogP contribution in [-0.4, -0.2) is 17.2 Å². The number of hydrogen-bond acceptors (Lipinski definition) is 3. The Hall–Kier alpha value is -1.64. The average Bonchev–Trinajstić information content (AvgIpc) is 2.15. The van der Waals surface area contributed by atoms with Crippen molar-refractivity contribution in [3.05, 3.63) is 35.9 Å². The quantitative estimate of drug-likeness (QED) is 0.319. The van der Waals surface area contributed by atoms with Crippen LogP contribution in [0.2, 0.25) is 0 Å². The van der Waals surface area contributed by atoms with E-state index in [4.69, 9.17) is 5.21 Å². The fourth-order valence-corrected chi connectivity index (χ4v) is 0.866. The van der Waals surface area contributed by atoms with Gasteiger partial charge in [-0.3, -0.25) is 4.79 Å². The molecule has 0 saturated carbocycles. The third kappa shape index (κ3) is 2.20. The lowest BCUT2D eigenvalue weighted by Crippen LogP contribution is -1.98. The molecule has 1 rings (SSSR count). The van der Waals surface area contributed by atoms with E-state index in [1.807, 2.05) is 6.07 Å². The number of benzene rings is 1. The molecule has 1 aromatic rings. The maximum atomic E-state index is 11.2. The van der Waals surface area contributed by atoms with Gasteiger partial charge in [-0.25, -0.2) is 0 Å². The number of carbonyl (C=O) groups excluding carboxylic acids is 1. The van der Waals surface area contributed by atoms with Crippen LogP contribution in [0, 0.1) is 0 Å². The maximum Gasteiger partial charge on any atom is 0.168 e. The molecule has 0 fully saturated rings. The van der Waals surface area contributed by atoms with Crippen LogP contribution in [-0.2, 0) is 0 Å². The SMILES string of the molecule is O=C(C/C=N\O)c1ccccc1. The van der Waals surface area contributed by atoms with E-state index in [1.54, 1.807) is 24.3 Å². The molecular weight excluding hydrogens is 154 g/mol. The molecule has 0 aliphatic carbocycles. The van der Waals surface area contributed by atoms with Crippen LogP contribution in [0.25, 0.3) is 0 Å². The second-order valence-corrected chi connectivity index (χ2v) is 2.29. The van der Waals surface area contributed by atoms with E-state index in [9.17, 15) is 4.79 Å². The number of Topliss-reactive ketones (excluding diaryl/α,β-unsaturated/α-hetero) is 1. The largest absolute Gasteiger partial charge is 0.411 e. The average molecular weight is 163 g/mol. The first kappa shape index (κ1) is 8.46. The van der Waals surface area contributed by atoms with Gasteiger partial charge in [-0.05, 0) is 0 Å². The molecule has 0 heterocycles. The van der Waals surface area contributed by atoms with Crippen molar-refractivity contribution in [3.63, 3.8) is 0 Å². The highest BCUT2D eigenvalue weighted by molar-refractivity contribution is 6.03. The molecule has 0 spiro atoms. The lowest BCUT2D eigenvalue weighted by atomic mass is 10.1. The highest BCUT2D eigenvalue weighted by Gasteiger charge is 2.01. The Balaban J connectivity index is 2.66. The van der Waals surface area contributed by atoms with Gasteiger partial charge in [0.1, 0.15) is 0 Å². The Kier molecular flexibility index (Phi) is 3.02. The molecule has 1 N–H and O–H groups in total. The van der Waals surface area contributed by atoms with Crippen LogP contribution in [0.1, 0.15) is 16.8 Å². The standard InChI is InChI=1S/C9H9NO2/c11-9(6-7-10-12)8-4-2-1-3-5-8/h1-5,7,12H,6H2/b10-7-. The van der Waals surface area contributed by atoms with Crippen molar-refractivity contribution in [2.75, 3.05) is 0 Å². The zero-order valence-electron chi connectivity index (χ0n) is 6.47. The van der Waals surface area contributed by atoms with Crippen molar-refractivity contribution in [1.29, 1.82) is 0 Å². The van der Waals surface area contributed by atoms with E-state index >= 15 is 0 Å². The lowest BCUT2D eigenvalue weighted by Gasteiger charge is -1.94. The molecule has 12 heavy (non-hydrogen) atoms. The Bertz CT molecular complexity index is 280. The van der Waals surface area contributed by atoms with Gasteiger partial charge in [0.25, 0.3) is 0 Å². The fourth-order valence-electron chi connectivity index (χ4n) is 0.866. The molecule has 0 unspecified atom stereocenters. The summed E-state index contributed by atoms with van der Waals surface area (Å²) >= 11 is 0. The molecule has 0 aliphatic rings. The van der Waals surface area contributed by atoms with Crippen LogP contribution < -0.4 is 0 Å². The van der Waals surface area contributed by atoms with Gasteiger partial charge in [-0.2, -0.15) is 0 Å². The summed E-state index contributed by atoms with van der Waals surface area (Å²) in [6.45, 7) is 0. The minimum absolute atomic E-state index is 0.0478. The highest BCUT2D eigenvalue weighted by atomic mass is 16.4. The second-order valence-electron chi connectivity index (χ2n) is 2.29. The van der Waals surface area contributed by atoms with E-state index in [0.29, 0.717) is 5.56 Å². The van der Waals surface area contributed by atoms with Gasteiger partial charge in [0.2, 0.25) is 0 Å². The number of ketones is 1. The number of carbonyl (C=O) groups is 1. The summed E-state index contributed by atoms with van der Waals surface area (Å²) in [5.74, 6) is -0.0478. The number of hydrogen-bond donors (Lipinski definition) is 1. The Morgan fingerprint density at radius 1 is 1.42 bits per heavy atom. The molecule has 3 heteroatoms. The summed E-state index contributed by atoms with van der Waals surface area (Å²) in [4.78, 5) is 11.2. The summed E-state index contributed by atoms with van der Waals surface area (Å²) in [5.41, 5.74) is 0.636. The van der Waals surface area contributed by atoms with Crippen LogP contribution in [0.15, 0.2) is 35.5 Å². The molecule has 0 amide bonds. The van der Waals surface area contributed by atoms with Crippen LogP contribution in [0.5, 0.6) is 0 Å². The van der Waals surface area contributed by atoms with Crippen molar-refractivity contribution in [2.45, 2.75) is 6.42 Å². The molecule has 62 valence electrons. The van der Waals surface area contributed by atoms with E-state index in [-0.39, 0.29) is 12.2 Å². The summed E-state index contributed by atoms with van der Waals surface area (Å²) in [7, 11) is 0. The lowest BCUT2D eigenvalue weighted by molar-refractivity contribution is 0.100. The predicted molar refractivity (Wildman–Crippen MR) is 45.7 cm³/mol. The zero-order chi connectivity index (χ0) is 8.81. The molecule has 0 saturated heterocycles. The summed E-state index contributed by atoms with van der Waals surface area (Å²) in [5, 5.41) is 10.8. The number of rotatable bonds is 3. The first-order chi connectivity index (χ1) is 5.84. The Morgan fingerprint density at radius 3 is 2.67 bits per heavy atom. The normalized spacial score (nSPS) is 10.3. The van der Waals surface area contributed by atoms with Gasteiger partial charge in [-0.1, -0.05) is 30.3 Å². The fraction of sp³-hybridized carbons (Fsp3) is 0.111. The minimum atomic E-state index is -0.0478. The number of oxime groups is 1. The smallest absolute Gasteiger partial charge is 0.168 e. The molecule has 0 aliphatic heterocycles. The van der Waals surface area contributed by atoms with Gasteiger partial charge >= 0.3 is 0 Å². The second kappa shape index (κ2) is 4.28. The first-order valence-corrected chi connectivity index (χ1v) is 3.58. The molecule has 0 atom stereocenters. The van der Waals surface area contributed by atoms with Gasteiger partial charge in [-0.15, -0.1) is 5.16 Å². The Morgan fingerprint density at radius 2 is 2.08 bits per heavy atom. The first-order valence-electron chi connectivity index (χ1n) is 3.58. The van der Waals surface area contributed by atoms with Gasteiger partial charge in [0.15, 0.2) is 5.78 Å². The van der Waals surface area contributed by atoms with E-state index in [0.717, 1.165) is 0 Å². The minimum Gasteiger partial charge on any atom is -0.411 e. The van der Waals surface area contributed by atoms with E-state index < -0.39 is 0 Å². The molecule has 1 aromatic carbocycles. The van der Waals surface area contributed by atoms with Gasteiger partial charge in [0, 0.05) is 12.0 Å². The van der Waals surface area contributed by atoms with Crippen LogP contribution in [0.4, 0.5) is 0 Å². The highest BCUT2D eigenvalue weighted by Crippen LogP contribution is 2.01. The van der Waals surface area contributed by atoms with Crippen molar-refractivity contribution in [2.24, 2.45) is 5.16 Å². The molecule has 0 bridgehead atoms. The molecular formula is C9H9NO2. The Labute approximate surface area is 70.3 Å². The summed E-state index contributed by atoms with van der Waals surface area (Å²) < 4.78 is 0. The van der Waals surface area contributed by atoms with Crippen LogP contribution >= 0.6 is 0 Å². The van der Waals surface area contributed by atoms with Crippen molar-refractivity contribution in [1.82, 2.24) is 0 Å². The van der Waals surface area contributed by atoms with Crippen LogP contribution in [0.3, 0.4) is 0 Å². The van der Waals surface area contributed by atoms with Crippen molar-refractivity contribution in [3.8, 4) is 0 Å². The molecule has 0 radical (unpaired) electrons. The zero-order valence-corrected chi connectivity index (χ0v) is 6.47. The molecule has 0 aromatic heterocycles. The van der Waals surface area contributed by atoms with Crippen molar-refractivity contribution < 1.29 is 10.0 Å². The molecule has 3 nitrogen and oxygen atoms in total. The summed E-state index contributed by atoms with van der Waals surface area (Å²) in [6.07, 6.45) is 1.32. The monoisotopic (exact) mass is 163 g/mol. The maximum absolute atomic E-state index is 11.2. The van der Waals surface area contributed by atoms with Gasteiger partial charge < -0.3 is 5.21 Å². The summed E-state index contributed by atoms with van der Waals surface area (Å²) in [6, 6.07) is 8.89. The van der Waals surface area contributed by atoms with E-state index in [1.165, 1.54) is 6.21 Å². The predicted octanol–water partition coefficient (Wildman–Crippen LogP) is 1.72. The van der Waals surface area contributed by atoms with Gasteiger partial charge in [0.05, 0.1) is 6.21 Å². The third-order valence-corrected chi connectivity index (χ3v) is 1.45. The van der Waals surface area contributed by atoms with Crippen molar-refractivity contribution >= 4 is 12.0 Å². The van der Waals surface area contributed by atoms with E-state index in [2.05, 4.69) is 5.16 Å². The third-order valence-electron chi connectivity index (χ3n) is 1.45. The topological polar surface area (TPSA) is 49.7 Å².